The van der Waals surface area contributed by atoms with E-state index in [1.165, 1.54) is 24.3 Å². The lowest BCUT2D eigenvalue weighted by atomic mass is 10.0. The number of non-ortho nitro benzene ring substituents is 1. The van der Waals surface area contributed by atoms with Crippen LogP contribution in [0.4, 0.5) is 10.5 Å². The number of carbonyl (C=O) groups is 2. The van der Waals surface area contributed by atoms with Gasteiger partial charge in [-0.2, -0.15) is 0 Å². The van der Waals surface area contributed by atoms with Crippen molar-refractivity contribution in [2.45, 2.75) is 59.2 Å². The van der Waals surface area contributed by atoms with E-state index < -0.39 is 28.6 Å². The van der Waals surface area contributed by atoms with Crippen LogP contribution in [0.5, 0.6) is 5.75 Å². The molecular formula is C19H29N3O6. The molecule has 156 valence electrons. The highest BCUT2D eigenvalue weighted by atomic mass is 16.6. The molecule has 2 atom stereocenters. The maximum Gasteiger partial charge on any atom is 0.414 e. The van der Waals surface area contributed by atoms with Crippen molar-refractivity contribution in [2.24, 2.45) is 5.92 Å². The first kappa shape index (κ1) is 23.4. The Morgan fingerprint density at radius 1 is 1.14 bits per heavy atom. The molecule has 0 aliphatic rings. The quantitative estimate of drug-likeness (QED) is 0.513. The summed E-state index contributed by atoms with van der Waals surface area (Å²) in [4.78, 5) is 34.4. The summed E-state index contributed by atoms with van der Waals surface area (Å²) < 4.78 is 10.7. The Kier molecular flexibility index (Phi) is 8.36. The third-order valence-corrected chi connectivity index (χ3v) is 3.58. The van der Waals surface area contributed by atoms with Crippen LogP contribution >= 0.6 is 0 Å². The molecule has 0 aromatic heterocycles. The van der Waals surface area contributed by atoms with Crippen molar-refractivity contribution in [3.8, 4) is 5.75 Å². The Bertz CT molecular complexity index is 682. The first-order valence-corrected chi connectivity index (χ1v) is 9.06. The van der Waals surface area contributed by atoms with Gasteiger partial charge in [-0.1, -0.05) is 13.8 Å². The molecule has 0 fully saturated rings. The van der Waals surface area contributed by atoms with Crippen molar-refractivity contribution in [1.29, 1.82) is 0 Å². The Morgan fingerprint density at radius 2 is 1.71 bits per heavy atom. The van der Waals surface area contributed by atoms with Gasteiger partial charge in [0.2, 0.25) is 5.91 Å². The predicted octanol–water partition coefficient (Wildman–Crippen LogP) is 3.03. The minimum atomic E-state index is -0.792. The second-order valence-corrected chi connectivity index (χ2v) is 7.84. The molecule has 9 heteroatoms. The van der Waals surface area contributed by atoms with E-state index in [0.29, 0.717) is 5.75 Å². The Labute approximate surface area is 164 Å². The van der Waals surface area contributed by atoms with Crippen molar-refractivity contribution < 1.29 is 24.0 Å². The number of ether oxygens (including phenoxy) is 2. The van der Waals surface area contributed by atoms with Crippen LogP contribution < -0.4 is 15.4 Å². The molecule has 1 aromatic carbocycles. The van der Waals surface area contributed by atoms with Crippen LogP contribution in [0.15, 0.2) is 24.3 Å². The number of hydrogen-bond donors (Lipinski definition) is 2. The lowest BCUT2D eigenvalue weighted by Gasteiger charge is -2.26. The highest BCUT2D eigenvalue weighted by Crippen LogP contribution is 2.17. The van der Waals surface area contributed by atoms with Crippen LogP contribution in [0, 0.1) is 16.0 Å². The van der Waals surface area contributed by atoms with Gasteiger partial charge in [-0.3, -0.25) is 25.5 Å². The number of nitrogens with one attached hydrogen (secondary N) is 2. The second kappa shape index (κ2) is 10.0. The molecule has 28 heavy (non-hydrogen) atoms. The predicted molar refractivity (Wildman–Crippen MR) is 104 cm³/mol. The minimum absolute atomic E-state index is 0.0165. The molecule has 0 saturated heterocycles. The topological polar surface area (TPSA) is 120 Å². The van der Waals surface area contributed by atoms with Gasteiger partial charge in [-0.25, -0.2) is 4.79 Å². The summed E-state index contributed by atoms with van der Waals surface area (Å²) in [5, 5.41) is 16.0. The van der Waals surface area contributed by atoms with Gasteiger partial charge in [0.15, 0.2) is 0 Å². The van der Waals surface area contributed by atoms with E-state index in [-0.39, 0.29) is 24.3 Å². The summed E-state index contributed by atoms with van der Waals surface area (Å²) in [6.07, 6.45) is -0.792. The summed E-state index contributed by atoms with van der Waals surface area (Å²) in [6, 6.07) is 4.91. The molecular weight excluding hydrogens is 366 g/mol. The number of nitrogens with zero attached hydrogens (tertiary/aromatic N) is 1. The van der Waals surface area contributed by atoms with Gasteiger partial charge in [0, 0.05) is 18.2 Å². The molecule has 0 aliphatic carbocycles. The van der Waals surface area contributed by atoms with Crippen LogP contribution in [0.3, 0.4) is 0 Å². The van der Waals surface area contributed by atoms with E-state index in [2.05, 4.69) is 10.6 Å². The van der Waals surface area contributed by atoms with Crippen molar-refractivity contribution in [2.75, 3.05) is 6.61 Å². The molecule has 0 saturated carbocycles. The molecule has 0 bridgehead atoms. The van der Waals surface area contributed by atoms with Gasteiger partial charge in [-0.15, -0.1) is 0 Å². The number of benzene rings is 1. The molecule has 2 N–H and O–H groups in total. The van der Waals surface area contributed by atoms with Gasteiger partial charge < -0.3 is 9.47 Å². The van der Waals surface area contributed by atoms with Gasteiger partial charge >= 0.3 is 6.09 Å². The molecule has 0 radical (unpaired) electrons. The summed E-state index contributed by atoms with van der Waals surface area (Å²) in [5.41, 5.74) is -0.714. The number of amides is 2. The van der Waals surface area contributed by atoms with E-state index in [0.717, 1.165) is 0 Å². The summed E-state index contributed by atoms with van der Waals surface area (Å²) in [7, 11) is 0. The fourth-order valence-corrected chi connectivity index (χ4v) is 2.29. The lowest BCUT2D eigenvalue weighted by Crippen LogP contribution is -2.53. The Morgan fingerprint density at radius 3 is 2.18 bits per heavy atom. The maximum absolute atomic E-state index is 12.4. The third kappa shape index (κ3) is 8.34. The summed E-state index contributed by atoms with van der Waals surface area (Å²) in [6.45, 7) is 10.9. The van der Waals surface area contributed by atoms with Crippen LogP contribution in [0.25, 0.3) is 0 Å². The van der Waals surface area contributed by atoms with Crippen LogP contribution in [-0.2, 0) is 9.53 Å². The monoisotopic (exact) mass is 395 g/mol. The molecule has 0 heterocycles. The zero-order valence-corrected chi connectivity index (χ0v) is 17.1. The van der Waals surface area contributed by atoms with E-state index in [1.807, 2.05) is 20.8 Å². The van der Waals surface area contributed by atoms with E-state index >= 15 is 0 Å². The summed E-state index contributed by atoms with van der Waals surface area (Å²) >= 11 is 0. The fourth-order valence-electron chi connectivity index (χ4n) is 2.29. The number of nitro groups is 1. The SMILES string of the molecule is CC(COc1ccc([N+](=O)[O-])cc1)N[C@H](C(=O)NC(=O)OC(C)(C)C)C(C)C. The molecule has 1 rings (SSSR count). The number of rotatable bonds is 8. The number of carbonyl (C=O) groups excluding carboxylic acids is 2. The molecule has 1 unspecified atom stereocenters. The zero-order valence-electron chi connectivity index (χ0n) is 17.1. The zero-order chi connectivity index (χ0) is 21.5. The standard InChI is InChI=1S/C19H29N3O6/c1-12(2)16(17(23)21-18(24)28-19(4,5)6)20-13(3)11-27-15-9-7-14(8-10-15)22(25)26/h7-10,12-13,16,20H,11H2,1-6H3,(H,21,23,24)/t13?,16-/m0/s1. The number of alkyl carbamates (subject to hydrolysis) is 1. The highest BCUT2D eigenvalue weighted by molar-refractivity contribution is 5.95. The van der Waals surface area contributed by atoms with Crippen LogP contribution in [0.1, 0.15) is 41.5 Å². The number of imide groups is 1. The molecule has 9 nitrogen and oxygen atoms in total. The van der Waals surface area contributed by atoms with Gasteiger partial charge in [0.05, 0.1) is 11.0 Å². The molecule has 1 aromatic rings. The lowest BCUT2D eigenvalue weighted by molar-refractivity contribution is -0.384. The second-order valence-electron chi connectivity index (χ2n) is 7.84. The average molecular weight is 395 g/mol. The van der Waals surface area contributed by atoms with Gasteiger partial charge in [0.25, 0.3) is 5.69 Å². The van der Waals surface area contributed by atoms with E-state index in [4.69, 9.17) is 9.47 Å². The van der Waals surface area contributed by atoms with Gasteiger partial charge in [0.1, 0.15) is 18.0 Å². The smallest absolute Gasteiger partial charge is 0.414 e. The first-order valence-electron chi connectivity index (χ1n) is 9.06. The Hall–Kier alpha value is -2.68. The molecule has 0 spiro atoms. The third-order valence-electron chi connectivity index (χ3n) is 3.58. The summed E-state index contributed by atoms with van der Waals surface area (Å²) in [5.74, 6) is -0.0748. The van der Waals surface area contributed by atoms with Crippen molar-refractivity contribution in [3.63, 3.8) is 0 Å². The van der Waals surface area contributed by atoms with Crippen molar-refractivity contribution in [1.82, 2.24) is 10.6 Å². The van der Waals surface area contributed by atoms with E-state index in [9.17, 15) is 19.7 Å². The largest absolute Gasteiger partial charge is 0.492 e. The molecule has 2 amide bonds. The van der Waals surface area contributed by atoms with Gasteiger partial charge in [-0.05, 0) is 45.7 Å². The van der Waals surface area contributed by atoms with Crippen LogP contribution in [0.2, 0.25) is 0 Å². The highest BCUT2D eigenvalue weighted by Gasteiger charge is 2.27. The average Bonchev–Trinajstić information content (AvgIpc) is 2.55. The first-order chi connectivity index (χ1) is 12.9. The fraction of sp³-hybridized carbons (Fsp3) is 0.579. The maximum atomic E-state index is 12.4. The Balaban J connectivity index is 2.59. The normalized spacial score (nSPS) is 13.5. The molecule has 0 aliphatic heterocycles. The number of nitro benzene ring substituents is 1. The van der Waals surface area contributed by atoms with Crippen LogP contribution in [-0.4, -0.2) is 41.2 Å². The number of hydrogen-bond acceptors (Lipinski definition) is 7. The van der Waals surface area contributed by atoms with Crippen molar-refractivity contribution >= 4 is 17.7 Å². The van der Waals surface area contributed by atoms with Crippen molar-refractivity contribution in [3.05, 3.63) is 34.4 Å². The van der Waals surface area contributed by atoms with E-state index in [1.54, 1.807) is 20.8 Å². The minimum Gasteiger partial charge on any atom is -0.492 e.